The van der Waals surface area contributed by atoms with E-state index in [0.29, 0.717) is 11.8 Å². The zero-order valence-corrected chi connectivity index (χ0v) is 9.78. The van der Waals surface area contributed by atoms with Gasteiger partial charge in [-0.05, 0) is 43.4 Å². The highest BCUT2D eigenvalue weighted by Gasteiger charge is 2.26. The smallest absolute Gasteiger partial charge is 0.0931 e. The van der Waals surface area contributed by atoms with Gasteiger partial charge in [0.2, 0.25) is 0 Å². The summed E-state index contributed by atoms with van der Waals surface area (Å²) in [5.41, 5.74) is 5.81. The minimum atomic E-state index is 0.672. The Kier molecular flexibility index (Phi) is 3.47. The lowest BCUT2D eigenvalue weighted by Crippen LogP contribution is -2.24. The molecule has 3 heteroatoms. The minimum absolute atomic E-state index is 0.672. The van der Waals surface area contributed by atoms with Gasteiger partial charge < -0.3 is 5.73 Å². The predicted octanol–water partition coefficient (Wildman–Crippen LogP) is 3.63. The quantitative estimate of drug-likeness (QED) is 0.824. The maximum absolute atomic E-state index is 5.96. The Morgan fingerprint density at radius 3 is 2.79 bits per heavy atom. The van der Waals surface area contributed by atoms with Crippen LogP contribution in [-0.4, -0.2) is 6.54 Å². The van der Waals surface area contributed by atoms with Crippen LogP contribution in [0, 0.1) is 5.92 Å². The van der Waals surface area contributed by atoms with Crippen LogP contribution in [-0.2, 0) is 0 Å². The second-order valence-corrected chi connectivity index (χ2v) is 5.78. The first-order valence-corrected chi connectivity index (χ1v) is 6.46. The lowest BCUT2D eigenvalue weighted by Gasteiger charge is -2.29. The van der Waals surface area contributed by atoms with E-state index in [2.05, 4.69) is 6.07 Å². The third kappa shape index (κ3) is 2.13. The molecule has 0 saturated heterocycles. The van der Waals surface area contributed by atoms with Crippen molar-refractivity contribution < 1.29 is 0 Å². The summed E-state index contributed by atoms with van der Waals surface area (Å²) in [4.78, 5) is 1.44. The van der Waals surface area contributed by atoms with Crippen LogP contribution in [0.25, 0.3) is 0 Å². The third-order valence-corrected chi connectivity index (χ3v) is 4.53. The molecule has 0 aliphatic heterocycles. The van der Waals surface area contributed by atoms with E-state index in [0.717, 1.165) is 10.9 Å². The Balaban J connectivity index is 2.14. The van der Waals surface area contributed by atoms with Crippen LogP contribution in [0.1, 0.15) is 36.5 Å². The Labute approximate surface area is 94.3 Å². The molecule has 0 spiro atoms. The molecule has 1 aromatic rings. The molecule has 0 radical (unpaired) electrons. The number of rotatable bonds is 2. The maximum atomic E-state index is 5.96. The van der Waals surface area contributed by atoms with E-state index in [4.69, 9.17) is 17.3 Å². The lowest BCUT2D eigenvalue weighted by molar-refractivity contribution is 0.318. The van der Waals surface area contributed by atoms with E-state index in [-0.39, 0.29) is 0 Å². The van der Waals surface area contributed by atoms with Crippen LogP contribution in [0.3, 0.4) is 0 Å². The van der Waals surface area contributed by atoms with Crippen molar-refractivity contribution in [3.05, 3.63) is 21.3 Å². The van der Waals surface area contributed by atoms with Crippen molar-refractivity contribution in [3.8, 4) is 0 Å². The highest BCUT2D eigenvalue weighted by Crippen LogP contribution is 2.40. The van der Waals surface area contributed by atoms with E-state index < -0.39 is 0 Å². The average Bonchev–Trinajstić information content (AvgIpc) is 2.65. The Bertz CT molecular complexity index is 297. The van der Waals surface area contributed by atoms with Crippen molar-refractivity contribution in [3.63, 3.8) is 0 Å². The summed E-state index contributed by atoms with van der Waals surface area (Å²) < 4.78 is 0.904. The predicted molar refractivity (Wildman–Crippen MR) is 63.1 cm³/mol. The van der Waals surface area contributed by atoms with Gasteiger partial charge in [0, 0.05) is 4.88 Å². The summed E-state index contributed by atoms with van der Waals surface area (Å²) in [7, 11) is 0. The molecule has 0 bridgehead atoms. The van der Waals surface area contributed by atoms with Gasteiger partial charge in [-0.2, -0.15) is 0 Å². The minimum Gasteiger partial charge on any atom is -0.330 e. The molecule has 2 unspecified atom stereocenters. The lowest BCUT2D eigenvalue weighted by atomic mass is 9.78. The zero-order valence-electron chi connectivity index (χ0n) is 8.21. The van der Waals surface area contributed by atoms with Crippen molar-refractivity contribution in [2.75, 3.05) is 6.54 Å². The van der Waals surface area contributed by atoms with E-state index in [1.54, 1.807) is 11.3 Å². The first-order valence-electron chi connectivity index (χ1n) is 5.26. The van der Waals surface area contributed by atoms with Gasteiger partial charge in [-0.1, -0.05) is 24.4 Å². The van der Waals surface area contributed by atoms with Crippen molar-refractivity contribution in [2.45, 2.75) is 31.6 Å². The van der Waals surface area contributed by atoms with Gasteiger partial charge >= 0.3 is 0 Å². The fourth-order valence-electron chi connectivity index (χ4n) is 2.39. The third-order valence-electron chi connectivity index (χ3n) is 3.17. The molecule has 1 aliphatic carbocycles. The normalized spacial score (nSPS) is 27.9. The number of hydrogen-bond acceptors (Lipinski definition) is 2. The number of nitrogens with two attached hydrogens (primary N) is 1. The fraction of sp³-hybridized carbons (Fsp3) is 0.636. The zero-order chi connectivity index (χ0) is 9.97. The molecule has 2 N–H and O–H groups in total. The number of halogens is 1. The van der Waals surface area contributed by atoms with Crippen LogP contribution in [0.4, 0.5) is 0 Å². The van der Waals surface area contributed by atoms with E-state index in [1.807, 2.05) is 6.07 Å². The van der Waals surface area contributed by atoms with E-state index in [1.165, 1.54) is 30.6 Å². The first kappa shape index (κ1) is 10.5. The number of hydrogen-bond donors (Lipinski definition) is 1. The molecule has 0 aromatic carbocycles. The first-order chi connectivity index (χ1) is 6.81. The van der Waals surface area contributed by atoms with Gasteiger partial charge in [-0.3, -0.25) is 0 Å². The molecule has 2 atom stereocenters. The van der Waals surface area contributed by atoms with Gasteiger partial charge in [0.25, 0.3) is 0 Å². The largest absolute Gasteiger partial charge is 0.330 e. The van der Waals surface area contributed by atoms with Crippen LogP contribution in [0.2, 0.25) is 4.34 Å². The molecule has 1 aromatic heterocycles. The van der Waals surface area contributed by atoms with Crippen LogP contribution < -0.4 is 5.73 Å². The Morgan fingerprint density at radius 2 is 2.14 bits per heavy atom. The summed E-state index contributed by atoms with van der Waals surface area (Å²) >= 11 is 7.68. The molecular weight excluding hydrogens is 214 g/mol. The highest BCUT2D eigenvalue weighted by molar-refractivity contribution is 7.16. The number of thiophene rings is 1. The van der Waals surface area contributed by atoms with Crippen molar-refractivity contribution in [1.82, 2.24) is 0 Å². The van der Waals surface area contributed by atoms with Gasteiger partial charge in [0.1, 0.15) is 0 Å². The van der Waals surface area contributed by atoms with Crippen molar-refractivity contribution >= 4 is 22.9 Å². The summed E-state index contributed by atoms with van der Waals surface area (Å²) in [5, 5.41) is 0. The van der Waals surface area contributed by atoms with Crippen LogP contribution in [0.15, 0.2) is 12.1 Å². The Morgan fingerprint density at radius 1 is 1.36 bits per heavy atom. The molecule has 1 aliphatic rings. The molecule has 1 nitrogen and oxygen atoms in total. The van der Waals surface area contributed by atoms with E-state index >= 15 is 0 Å². The van der Waals surface area contributed by atoms with Gasteiger partial charge in [-0.25, -0.2) is 0 Å². The van der Waals surface area contributed by atoms with Gasteiger partial charge in [0.15, 0.2) is 0 Å². The van der Waals surface area contributed by atoms with Crippen LogP contribution >= 0.6 is 22.9 Å². The van der Waals surface area contributed by atoms with Crippen LogP contribution in [0.5, 0.6) is 0 Å². The highest BCUT2D eigenvalue weighted by atomic mass is 35.5. The molecule has 0 amide bonds. The van der Waals surface area contributed by atoms with E-state index in [9.17, 15) is 0 Å². The maximum Gasteiger partial charge on any atom is 0.0931 e. The molecule has 1 saturated carbocycles. The molecule has 1 fully saturated rings. The molecule has 14 heavy (non-hydrogen) atoms. The summed E-state index contributed by atoms with van der Waals surface area (Å²) in [5.74, 6) is 1.35. The van der Waals surface area contributed by atoms with Gasteiger partial charge in [-0.15, -0.1) is 11.3 Å². The van der Waals surface area contributed by atoms with Gasteiger partial charge in [0.05, 0.1) is 4.34 Å². The van der Waals surface area contributed by atoms with Crippen molar-refractivity contribution in [1.29, 1.82) is 0 Å². The molecule has 1 heterocycles. The summed E-state index contributed by atoms with van der Waals surface area (Å²) in [6.45, 7) is 0.820. The standard InChI is InChI=1S/C11H16ClNS/c12-11-6-5-10(14-11)9-4-2-1-3-8(9)7-13/h5-6,8-9H,1-4,7,13H2. The van der Waals surface area contributed by atoms with Crippen molar-refractivity contribution in [2.24, 2.45) is 11.7 Å². The average molecular weight is 230 g/mol. The monoisotopic (exact) mass is 229 g/mol. The topological polar surface area (TPSA) is 26.0 Å². The SMILES string of the molecule is NCC1CCCCC1c1ccc(Cl)s1. The summed E-state index contributed by atoms with van der Waals surface area (Å²) in [6, 6.07) is 4.18. The fourth-order valence-corrected chi connectivity index (χ4v) is 3.68. The second kappa shape index (κ2) is 4.65. The molecule has 78 valence electrons. The second-order valence-electron chi connectivity index (χ2n) is 4.03. The molecule has 2 rings (SSSR count). The Hall–Kier alpha value is -0.0500. The summed E-state index contributed by atoms with van der Waals surface area (Å²) in [6.07, 6.45) is 5.27. The molecular formula is C11H16ClNS.